The van der Waals surface area contributed by atoms with Crippen molar-refractivity contribution in [3.63, 3.8) is 0 Å². The van der Waals surface area contributed by atoms with E-state index in [2.05, 4.69) is 5.32 Å². The maximum atomic E-state index is 11.6. The summed E-state index contributed by atoms with van der Waals surface area (Å²) in [7, 11) is 1.54. The molecule has 0 atom stereocenters. The molecule has 82 valence electrons. The number of hydrogen-bond acceptors (Lipinski definition) is 2. The number of benzene rings is 1. The summed E-state index contributed by atoms with van der Waals surface area (Å²) >= 11 is 5.91. The lowest BCUT2D eigenvalue weighted by Crippen LogP contribution is -2.29. The second-order valence-corrected chi connectivity index (χ2v) is 3.88. The van der Waals surface area contributed by atoms with E-state index in [1.165, 1.54) is 7.11 Å². The van der Waals surface area contributed by atoms with Gasteiger partial charge in [-0.2, -0.15) is 0 Å². The molecule has 1 amide bonds. The van der Waals surface area contributed by atoms with Gasteiger partial charge in [-0.3, -0.25) is 4.79 Å². The molecule has 0 aliphatic rings. The first kappa shape index (κ1) is 11.9. The minimum absolute atomic E-state index is 0.110. The molecule has 15 heavy (non-hydrogen) atoms. The van der Waals surface area contributed by atoms with Crippen LogP contribution in [0.25, 0.3) is 0 Å². The standard InChI is InChI=1S/C11H14ClNO2/c1-7(2)13-11(14)8-4-5-10(15-3)9(12)6-8/h4-7H,1-3H3,(H,13,14). The number of amides is 1. The van der Waals surface area contributed by atoms with E-state index in [-0.39, 0.29) is 11.9 Å². The van der Waals surface area contributed by atoms with Crippen LogP contribution in [0.5, 0.6) is 5.75 Å². The van der Waals surface area contributed by atoms with E-state index in [1.54, 1.807) is 18.2 Å². The van der Waals surface area contributed by atoms with Crippen LogP contribution in [0.1, 0.15) is 24.2 Å². The van der Waals surface area contributed by atoms with Crippen molar-refractivity contribution in [1.82, 2.24) is 5.32 Å². The first-order chi connectivity index (χ1) is 7.04. The van der Waals surface area contributed by atoms with Gasteiger partial charge < -0.3 is 10.1 Å². The average Bonchev–Trinajstić information content (AvgIpc) is 2.16. The zero-order valence-electron chi connectivity index (χ0n) is 9.00. The van der Waals surface area contributed by atoms with Crippen molar-refractivity contribution in [2.45, 2.75) is 19.9 Å². The van der Waals surface area contributed by atoms with Gasteiger partial charge in [-0.25, -0.2) is 0 Å². The summed E-state index contributed by atoms with van der Waals surface area (Å²) in [6, 6.07) is 5.07. The van der Waals surface area contributed by atoms with Gasteiger partial charge in [-0.05, 0) is 32.0 Å². The Kier molecular flexibility index (Phi) is 3.97. The summed E-state index contributed by atoms with van der Waals surface area (Å²) in [6.07, 6.45) is 0. The van der Waals surface area contributed by atoms with Crippen molar-refractivity contribution < 1.29 is 9.53 Å². The fourth-order valence-electron chi connectivity index (χ4n) is 1.15. The third kappa shape index (κ3) is 3.13. The number of methoxy groups -OCH3 is 1. The molecule has 3 nitrogen and oxygen atoms in total. The van der Waals surface area contributed by atoms with Gasteiger partial charge in [0.25, 0.3) is 5.91 Å². The second kappa shape index (κ2) is 5.03. The number of ether oxygens (including phenoxy) is 1. The van der Waals surface area contributed by atoms with Crippen LogP contribution in [-0.2, 0) is 0 Å². The van der Waals surface area contributed by atoms with Gasteiger partial charge in [-0.15, -0.1) is 0 Å². The van der Waals surface area contributed by atoms with Crippen LogP contribution < -0.4 is 10.1 Å². The lowest BCUT2D eigenvalue weighted by molar-refractivity contribution is 0.0943. The Morgan fingerprint density at radius 2 is 2.13 bits per heavy atom. The molecular weight excluding hydrogens is 214 g/mol. The molecular formula is C11H14ClNO2. The zero-order valence-corrected chi connectivity index (χ0v) is 9.76. The highest BCUT2D eigenvalue weighted by atomic mass is 35.5. The molecule has 0 heterocycles. The molecule has 0 bridgehead atoms. The molecule has 0 fully saturated rings. The van der Waals surface area contributed by atoms with Crippen LogP contribution in [0, 0.1) is 0 Å². The van der Waals surface area contributed by atoms with Crippen LogP contribution >= 0.6 is 11.6 Å². The van der Waals surface area contributed by atoms with Crippen LogP contribution in [0.4, 0.5) is 0 Å². The fraction of sp³-hybridized carbons (Fsp3) is 0.364. The highest BCUT2D eigenvalue weighted by Crippen LogP contribution is 2.24. The number of rotatable bonds is 3. The largest absolute Gasteiger partial charge is 0.495 e. The van der Waals surface area contributed by atoms with Crippen molar-refractivity contribution in [3.05, 3.63) is 28.8 Å². The lowest BCUT2D eigenvalue weighted by Gasteiger charge is -2.09. The number of nitrogens with one attached hydrogen (secondary N) is 1. The van der Waals surface area contributed by atoms with Gasteiger partial charge in [0, 0.05) is 11.6 Å². The van der Waals surface area contributed by atoms with Crippen LogP contribution in [0.2, 0.25) is 5.02 Å². The maximum Gasteiger partial charge on any atom is 0.251 e. The minimum Gasteiger partial charge on any atom is -0.495 e. The summed E-state index contributed by atoms with van der Waals surface area (Å²) < 4.78 is 5.00. The van der Waals surface area contributed by atoms with E-state index < -0.39 is 0 Å². The Hall–Kier alpha value is -1.22. The Labute approximate surface area is 94.4 Å². The second-order valence-electron chi connectivity index (χ2n) is 3.48. The predicted octanol–water partition coefficient (Wildman–Crippen LogP) is 2.49. The monoisotopic (exact) mass is 227 g/mol. The summed E-state index contributed by atoms with van der Waals surface area (Å²) in [5, 5.41) is 3.22. The van der Waals surface area contributed by atoms with Gasteiger partial charge in [0.05, 0.1) is 12.1 Å². The van der Waals surface area contributed by atoms with Crippen LogP contribution in [-0.4, -0.2) is 19.1 Å². The van der Waals surface area contributed by atoms with Crippen molar-refractivity contribution in [1.29, 1.82) is 0 Å². The molecule has 0 saturated heterocycles. The van der Waals surface area contributed by atoms with Gasteiger partial charge in [0.2, 0.25) is 0 Å². The Balaban J connectivity index is 2.87. The maximum absolute atomic E-state index is 11.6. The molecule has 4 heteroatoms. The summed E-state index contributed by atoms with van der Waals surface area (Å²) in [5.74, 6) is 0.437. The zero-order chi connectivity index (χ0) is 11.4. The molecule has 0 saturated carbocycles. The molecule has 0 radical (unpaired) electrons. The van der Waals surface area contributed by atoms with E-state index >= 15 is 0 Å². The molecule has 1 N–H and O–H groups in total. The van der Waals surface area contributed by atoms with Crippen LogP contribution in [0.15, 0.2) is 18.2 Å². The number of halogens is 1. The lowest BCUT2D eigenvalue weighted by atomic mass is 10.2. The normalized spacial score (nSPS) is 10.2. The molecule has 0 spiro atoms. The number of hydrogen-bond donors (Lipinski definition) is 1. The SMILES string of the molecule is COc1ccc(C(=O)NC(C)C)cc1Cl. The number of carbonyl (C=O) groups excluding carboxylic acids is 1. The first-order valence-electron chi connectivity index (χ1n) is 4.69. The van der Waals surface area contributed by atoms with Gasteiger partial charge in [-0.1, -0.05) is 11.6 Å². The molecule has 0 aliphatic heterocycles. The predicted molar refractivity (Wildman–Crippen MR) is 60.6 cm³/mol. The third-order valence-corrected chi connectivity index (χ3v) is 2.13. The highest BCUT2D eigenvalue weighted by Gasteiger charge is 2.09. The summed E-state index contributed by atoms with van der Waals surface area (Å²) in [6.45, 7) is 3.81. The quantitative estimate of drug-likeness (QED) is 0.862. The van der Waals surface area contributed by atoms with Crippen molar-refractivity contribution in [2.24, 2.45) is 0 Å². The van der Waals surface area contributed by atoms with Gasteiger partial charge >= 0.3 is 0 Å². The van der Waals surface area contributed by atoms with E-state index in [1.807, 2.05) is 13.8 Å². The third-order valence-electron chi connectivity index (χ3n) is 1.83. The van der Waals surface area contributed by atoms with Crippen LogP contribution in [0.3, 0.4) is 0 Å². The molecule has 1 aromatic rings. The highest BCUT2D eigenvalue weighted by molar-refractivity contribution is 6.32. The Bertz CT molecular complexity index is 364. The summed E-state index contributed by atoms with van der Waals surface area (Å²) in [5.41, 5.74) is 0.537. The van der Waals surface area contributed by atoms with Crippen molar-refractivity contribution in [2.75, 3.05) is 7.11 Å². The first-order valence-corrected chi connectivity index (χ1v) is 5.06. The number of carbonyl (C=O) groups is 1. The van der Waals surface area contributed by atoms with E-state index in [9.17, 15) is 4.79 Å². The molecule has 1 rings (SSSR count). The van der Waals surface area contributed by atoms with E-state index in [4.69, 9.17) is 16.3 Å². The van der Waals surface area contributed by atoms with Gasteiger partial charge in [0.15, 0.2) is 0 Å². The minimum atomic E-state index is -0.130. The molecule has 0 aliphatic carbocycles. The van der Waals surface area contributed by atoms with Crippen molar-refractivity contribution >= 4 is 17.5 Å². The van der Waals surface area contributed by atoms with E-state index in [0.717, 1.165) is 0 Å². The summed E-state index contributed by atoms with van der Waals surface area (Å²) in [4.78, 5) is 11.6. The topological polar surface area (TPSA) is 38.3 Å². The molecule has 0 aromatic heterocycles. The molecule has 1 aromatic carbocycles. The Morgan fingerprint density at radius 1 is 1.47 bits per heavy atom. The van der Waals surface area contributed by atoms with Crippen molar-refractivity contribution in [3.8, 4) is 5.75 Å². The van der Waals surface area contributed by atoms with Gasteiger partial charge in [0.1, 0.15) is 5.75 Å². The smallest absolute Gasteiger partial charge is 0.251 e. The van der Waals surface area contributed by atoms with E-state index in [0.29, 0.717) is 16.3 Å². The fourth-order valence-corrected chi connectivity index (χ4v) is 1.41. The Morgan fingerprint density at radius 3 is 2.60 bits per heavy atom. The molecule has 0 unspecified atom stereocenters. The average molecular weight is 228 g/mol.